The molecule has 3 aromatic rings. The van der Waals surface area contributed by atoms with Crippen molar-refractivity contribution in [2.45, 2.75) is 46.5 Å². The summed E-state index contributed by atoms with van der Waals surface area (Å²) < 4.78 is 2.16. The number of benzene rings is 2. The SMILES string of the molecule is Cc1cc(/C=C(/C#N)C(=O)NCCCc2ccccc2)c(C)n1-c1ccc(C(C)C)cc1. The number of nitrogens with zero attached hydrogens (tertiary/aromatic N) is 2. The van der Waals surface area contributed by atoms with E-state index >= 15 is 0 Å². The van der Waals surface area contributed by atoms with Crippen molar-refractivity contribution >= 4 is 12.0 Å². The molecule has 1 N–H and O–H groups in total. The maximum absolute atomic E-state index is 12.6. The fourth-order valence-corrected chi connectivity index (χ4v) is 3.88. The molecular formula is C28H31N3O. The lowest BCUT2D eigenvalue weighted by atomic mass is 10.0. The normalized spacial score (nSPS) is 11.4. The van der Waals surface area contributed by atoms with Crippen LogP contribution in [-0.2, 0) is 11.2 Å². The molecule has 0 aliphatic heterocycles. The van der Waals surface area contributed by atoms with Crippen LogP contribution in [0.5, 0.6) is 0 Å². The van der Waals surface area contributed by atoms with Gasteiger partial charge in [-0.3, -0.25) is 4.79 Å². The highest BCUT2D eigenvalue weighted by Crippen LogP contribution is 2.24. The molecule has 0 bridgehead atoms. The van der Waals surface area contributed by atoms with Crippen LogP contribution in [0.15, 0.2) is 66.2 Å². The topological polar surface area (TPSA) is 57.8 Å². The summed E-state index contributed by atoms with van der Waals surface area (Å²) in [4.78, 5) is 12.6. The molecule has 4 nitrogen and oxygen atoms in total. The van der Waals surface area contributed by atoms with Crippen LogP contribution in [0.1, 0.15) is 54.3 Å². The summed E-state index contributed by atoms with van der Waals surface area (Å²) in [6.45, 7) is 8.95. The number of rotatable bonds is 8. The van der Waals surface area contributed by atoms with Crippen LogP contribution in [0, 0.1) is 25.2 Å². The van der Waals surface area contributed by atoms with Crippen LogP contribution in [0.3, 0.4) is 0 Å². The number of nitrogens with one attached hydrogen (secondary N) is 1. The van der Waals surface area contributed by atoms with E-state index in [1.807, 2.05) is 38.1 Å². The first-order valence-corrected chi connectivity index (χ1v) is 11.1. The van der Waals surface area contributed by atoms with Crippen molar-refractivity contribution in [2.24, 2.45) is 0 Å². The standard InChI is InChI=1S/C28H31N3O/c1-20(2)24-12-14-27(15-13-24)31-21(3)17-25(22(31)4)18-26(19-29)28(32)30-16-8-11-23-9-6-5-7-10-23/h5-7,9-10,12-15,17-18,20H,8,11,16H2,1-4H3,(H,30,32)/b26-18-. The van der Waals surface area contributed by atoms with Gasteiger partial charge in [-0.1, -0.05) is 56.3 Å². The highest BCUT2D eigenvalue weighted by molar-refractivity contribution is 6.01. The molecule has 3 rings (SSSR count). The second-order valence-electron chi connectivity index (χ2n) is 8.42. The van der Waals surface area contributed by atoms with Crippen LogP contribution < -0.4 is 5.32 Å². The predicted octanol–water partition coefficient (Wildman–Crippen LogP) is 5.87. The van der Waals surface area contributed by atoms with Crippen LogP contribution in [0.2, 0.25) is 0 Å². The van der Waals surface area contributed by atoms with E-state index in [1.165, 1.54) is 11.1 Å². The Balaban J connectivity index is 1.70. The highest BCUT2D eigenvalue weighted by atomic mass is 16.1. The summed E-state index contributed by atoms with van der Waals surface area (Å²) in [6, 6.07) is 22.8. The molecule has 0 aliphatic rings. The van der Waals surface area contributed by atoms with Crippen LogP contribution in [-0.4, -0.2) is 17.0 Å². The molecule has 0 spiro atoms. The van der Waals surface area contributed by atoms with Gasteiger partial charge >= 0.3 is 0 Å². The molecule has 32 heavy (non-hydrogen) atoms. The first kappa shape index (κ1) is 23.1. The Morgan fingerprint density at radius 3 is 2.41 bits per heavy atom. The van der Waals surface area contributed by atoms with Crippen molar-refractivity contribution in [3.8, 4) is 11.8 Å². The zero-order valence-electron chi connectivity index (χ0n) is 19.4. The van der Waals surface area contributed by atoms with Gasteiger partial charge < -0.3 is 9.88 Å². The number of aryl methyl sites for hydroxylation is 2. The maximum atomic E-state index is 12.6. The van der Waals surface area contributed by atoms with Gasteiger partial charge in [0, 0.05) is 23.6 Å². The minimum Gasteiger partial charge on any atom is -0.351 e. The zero-order chi connectivity index (χ0) is 23.1. The fraction of sp³-hybridized carbons (Fsp3) is 0.286. The molecular weight excluding hydrogens is 394 g/mol. The molecule has 0 aliphatic carbocycles. The number of hydrogen-bond donors (Lipinski definition) is 1. The quantitative estimate of drug-likeness (QED) is 0.279. The largest absolute Gasteiger partial charge is 0.351 e. The number of carbonyl (C=O) groups excluding carboxylic acids is 1. The molecule has 164 valence electrons. The average Bonchev–Trinajstić information content (AvgIpc) is 3.08. The molecule has 0 saturated carbocycles. The number of hydrogen-bond acceptors (Lipinski definition) is 2. The first-order chi connectivity index (χ1) is 15.4. The molecule has 2 aromatic carbocycles. The van der Waals surface area contributed by atoms with Crippen LogP contribution in [0.4, 0.5) is 0 Å². The van der Waals surface area contributed by atoms with Crippen molar-refractivity contribution in [3.63, 3.8) is 0 Å². The van der Waals surface area contributed by atoms with Gasteiger partial charge in [-0.2, -0.15) is 5.26 Å². The Morgan fingerprint density at radius 2 is 1.78 bits per heavy atom. The molecule has 1 aromatic heterocycles. The molecule has 0 radical (unpaired) electrons. The van der Waals surface area contributed by atoms with Crippen molar-refractivity contribution in [1.29, 1.82) is 5.26 Å². The lowest BCUT2D eigenvalue weighted by Gasteiger charge is -2.12. The number of carbonyl (C=O) groups is 1. The minimum atomic E-state index is -0.327. The molecule has 4 heteroatoms. The Hall–Kier alpha value is -3.58. The zero-order valence-corrected chi connectivity index (χ0v) is 19.4. The monoisotopic (exact) mass is 425 g/mol. The van der Waals surface area contributed by atoms with Gasteiger partial charge in [0.05, 0.1) is 0 Å². The molecule has 1 heterocycles. The molecule has 0 unspecified atom stereocenters. The average molecular weight is 426 g/mol. The molecule has 0 saturated heterocycles. The highest BCUT2D eigenvalue weighted by Gasteiger charge is 2.14. The van der Waals surface area contributed by atoms with Gasteiger partial charge in [-0.05, 0) is 73.6 Å². The van der Waals surface area contributed by atoms with E-state index in [2.05, 4.69) is 66.2 Å². The van der Waals surface area contributed by atoms with E-state index in [0.29, 0.717) is 12.5 Å². The van der Waals surface area contributed by atoms with E-state index in [1.54, 1.807) is 6.08 Å². The second kappa shape index (κ2) is 10.6. The lowest BCUT2D eigenvalue weighted by Crippen LogP contribution is -2.25. The van der Waals surface area contributed by atoms with Crippen molar-refractivity contribution in [3.05, 3.63) is 94.3 Å². The summed E-state index contributed by atoms with van der Waals surface area (Å²) in [6.07, 6.45) is 3.41. The van der Waals surface area contributed by atoms with E-state index in [0.717, 1.165) is 35.5 Å². The molecule has 0 atom stereocenters. The summed E-state index contributed by atoms with van der Waals surface area (Å²) in [5, 5.41) is 12.4. The number of aromatic nitrogens is 1. The predicted molar refractivity (Wildman–Crippen MR) is 131 cm³/mol. The number of nitriles is 1. The molecule has 1 amide bonds. The third-order valence-electron chi connectivity index (χ3n) is 5.72. The summed E-state index contributed by atoms with van der Waals surface area (Å²) in [7, 11) is 0. The van der Waals surface area contributed by atoms with Gasteiger partial charge in [0.1, 0.15) is 11.6 Å². The minimum absolute atomic E-state index is 0.125. The Labute approximate surface area is 191 Å². The van der Waals surface area contributed by atoms with Gasteiger partial charge in [0.25, 0.3) is 5.91 Å². The van der Waals surface area contributed by atoms with Gasteiger partial charge in [0.15, 0.2) is 0 Å². The van der Waals surface area contributed by atoms with E-state index < -0.39 is 0 Å². The first-order valence-electron chi connectivity index (χ1n) is 11.1. The second-order valence-corrected chi connectivity index (χ2v) is 8.42. The van der Waals surface area contributed by atoms with Crippen molar-refractivity contribution in [2.75, 3.05) is 6.54 Å². The third kappa shape index (κ3) is 5.56. The Morgan fingerprint density at radius 1 is 1.09 bits per heavy atom. The van der Waals surface area contributed by atoms with E-state index in [4.69, 9.17) is 0 Å². The van der Waals surface area contributed by atoms with E-state index in [-0.39, 0.29) is 11.5 Å². The summed E-state index contributed by atoms with van der Waals surface area (Å²) >= 11 is 0. The number of amides is 1. The third-order valence-corrected chi connectivity index (χ3v) is 5.72. The molecule has 0 fully saturated rings. The van der Waals surface area contributed by atoms with Gasteiger partial charge in [-0.25, -0.2) is 0 Å². The van der Waals surface area contributed by atoms with E-state index in [9.17, 15) is 10.1 Å². The lowest BCUT2D eigenvalue weighted by molar-refractivity contribution is -0.117. The smallest absolute Gasteiger partial charge is 0.261 e. The Bertz CT molecular complexity index is 1130. The van der Waals surface area contributed by atoms with Crippen molar-refractivity contribution < 1.29 is 4.79 Å². The summed E-state index contributed by atoms with van der Waals surface area (Å²) in [5.41, 5.74) is 6.69. The van der Waals surface area contributed by atoms with Gasteiger partial charge in [0.2, 0.25) is 0 Å². The van der Waals surface area contributed by atoms with Crippen molar-refractivity contribution in [1.82, 2.24) is 9.88 Å². The Kier molecular flexibility index (Phi) is 7.68. The maximum Gasteiger partial charge on any atom is 0.261 e. The summed E-state index contributed by atoms with van der Waals surface area (Å²) in [5.74, 6) is 0.158. The van der Waals surface area contributed by atoms with Crippen LogP contribution >= 0.6 is 0 Å². The van der Waals surface area contributed by atoms with Gasteiger partial charge in [-0.15, -0.1) is 0 Å². The fourth-order valence-electron chi connectivity index (χ4n) is 3.88. The van der Waals surface area contributed by atoms with Crippen LogP contribution in [0.25, 0.3) is 11.8 Å².